The Morgan fingerprint density at radius 3 is 1.71 bits per heavy atom. The number of anilines is 3. The highest BCUT2D eigenvalue weighted by Crippen LogP contribution is 2.54. The normalized spacial score (nSPS) is 13.3. The molecule has 0 N–H and O–H groups in total. The summed E-state index contributed by atoms with van der Waals surface area (Å²) in [7, 11) is 0. The summed E-state index contributed by atoms with van der Waals surface area (Å²) in [5.74, 6) is 0. The smallest absolute Gasteiger partial charge is 0.0544 e. The minimum atomic E-state index is -0.211. The Morgan fingerprint density at radius 1 is 0.449 bits per heavy atom. The third kappa shape index (κ3) is 4.47. The lowest BCUT2D eigenvalue weighted by atomic mass is 9.81. The predicted octanol–water partition coefficient (Wildman–Crippen LogP) is 12.9. The lowest BCUT2D eigenvalue weighted by molar-refractivity contribution is 0.660. The second-order valence-electron chi connectivity index (χ2n) is 14.6. The Balaban J connectivity index is 1.29. The van der Waals surface area contributed by atoms with Crippen molar-refractivity contribution in [3.8, 4) is 16.8 Å². The highest BCUT2D eigenvalue weighted by atomic mass is 15.1. The fourth-order valence-electron chi connectivity index (χ4n) is 8.29. The van der Waals surface area contributed by atoms with Gasteiger partial charge in [-0.3, -0.25) is 0 Å². The van der Waals surface area contributed by atoms with E-state index in [2.05, 4.69) is 184 Å². The first-order chi connectivity index (χ1) is 23.7. The Kier molecular flexibility index (Phi) is 6.45. The number of aryl methyl sites for hydroxylation is 4. The summed E-state index contributed by atoms with van der Waals surface area (Å²) in [4.78, 5) is 2.40. The average Bonchev–Trinajstić information content (AvgIpc) is 3.52. The van der Waals surface area contributed by atoms with Gasteiger partial charge in [-0.05, 0) is 128 Å². The van der Waals surface area contributed by atoms with Gasteiger partial charge in [-0.25, -0.2) is 0 Å². The molecule has 1 heterocycles. The fourth-order valence-corrected chi connectivity index (χ4v) is 8.29. The minimum Gasteiger partial charge on any atom is -0.310 e. The molecular formula is C47H40N2. The van der Waals surface area contributed by atoms with Crippen LogP contribution < -0.4 is 4.90 Å². The van der Waals surface area contributed by atoms with Crippen molar-refractivity contribution in [3.63, 3.8) is 0 Å². The average molecular weight is 633 g/mol. The second kappa shape index (κ2) is 10.7. The molecule has 49 heavy (non-hydrogen) atoms. The van der Waals surface area contributed by atoms with Gasteiger partial charge < -0.3 is 9.47 Å². The topological polar surface area (TPSA) is 8.17 Å². The monoisotopic (exact) mass is 632 g/mol. The third-order valence-corrected chi connectivity index (χ3v) is 10.8. The van der Waals surface area contributed by atoms with E-state index in [-0.39, 0.29) is 5.41 Å². The molecule has 0 bridgehead atoms. The van der Waals surface area contributed by atoms with E-state index in [9.17, 15) is 0 Å². The molecular weight excluding hydrogens is 593 g/mol. The molecule has 7 aromatic carbocycles. The molecule has 0 spiro atoms. The van der Waals surface area contributed by atoms with E-state index in [0.29, 0.717) is 0 Å². The van der Waals surface area contributed by atoms with Crippen molar-refractivity contribution in [2.24, 2.45) is 0 Å². The van der Waals surface area contributed by atoms with Crippen LogP contribution in [-0.2, 0) is 5.41 Å². The number of fused-ring (bicyclic) bond motifs is 8. The first kappa shape index (κ1) is 29.5. The number of aromatic nitrogens is 1. The van der Waals surface area contributed by atoms with Crippen molar-refractivity contribution in [1.82, 2.24) is 4.57 Å². The number of benzene rings is 7. The summed E-state index contributed by atoms with van der Waals surface area (Å²) in [5.41, 5.74) is 17.5. The third-order valence-electron chi connectivity index (χ3n) is 10.8. The van der Waals surface area contributed by atoms with Gasteiger partial charge in [0.2, 0.25) is 0 Å². The molecule has 1 aliphatic rings. The molecule has 0 aliphatic heterocycles. The zero-order valence-corrected chi connectivity index (χ0v) is 29.1. The van der Waals surface area contributed by atoms with Crippen molar-refractivity contribution >= 4 is 49.6 Å². The van der Waals surface area contributed by atoms with Crippen molar-refractivity contribution < 1.29 is 0 Å². The van der Waals surface area contributed by atoms with E-state index in [1.165, 1.54) is 94.1 Å². The quantitative estimate of drug-likeness (QED) is 0.187. The second-order valence-corrected chi connectivity index (χ2v) is 14.6. The van der Waals surface area contributed by atoms with Crippen LogP contribution in [0.5, 0.6) is 0 Å². The first-order valence-corrected chi connectivity index (χ1v) is 17.4. The largest absolute Gasteiger partial charge is 0.310 e. The molecule has 2 heteroatoms. The van der Waals surface area contributed by atoms with Gasteiger partial charge in [0.1, 0.15) is 0 Å². The number of rotatable bonds is 4. The molecule has 0 radical (unpaired) electrons. The van der Waals surface area contributed by atoms with Gasteiger partial charge in [-0.1, -0.05) is 97.3 Å². The van der Waals surface area contributed by atoms with Crippen LogP contribution in [0.2, 0.25) is 0 Å². The highest BCUT2D eigenvalue weighted by molar-refractivity contribution is 6.13. The fraction of sp³-hybridized carbons (Fsp3) is 0.149. The van der Waals surface area contributed by atoms with Gasteiger partial charge in [-0.15, -0.1) is 0 Å². The predicted molar refractivity (Wildman–Crippen MR) is 209 cm³/mol. The van der Waals surface area contributed by atoms with E-state index in [1.807, 2.05) is 0 Å². The number of hydrogen-bond acceptors (Lipinski definition) is 1. The van der Waals surface area contributed by atoms with Crippen LogP contribution >= 0.6 is 0 Å². The van der Waals surface area contributed by atoms with Crippen LogP contribution in [0, 0.1) is 27.7 Å². The van der Waals surface area contributed by atoms with Crippen LogP contribution in [0.25, 0.3) is 49.4 Å². The number of nitrogens with zero attached hydrogens (tertiary/aromatic N) is 2. The van der Waals surface area contributed by atoms with Gasteiger partial charge >= 0.3 is 0 Å². The summed E-state index contributed by atoms with van der Waals surface area (Å²) in [6.45, 7) is 13.5. The molecule has 0 amide bonds. The van der Waals surface area contributed by atoms with Gasteiger partial charge in [0.05, 0.1) is 16.7 Å². The molecule has 9 rings (SSSR count). The SMILES string of the molecule is Cc1ccc(N(c2cccc(C)c2)c2ccc3c(c2)C(C)(C)c2cc(-n4c5ccc(C)cc5c5cc(C)ccc54)c4ccccc4c2-3)cc1. The van der Waals surface area contributed by atoms with Crippen molar-refractivity contribution in [2.45, 2.75) is 47.0 Å². The Labute approximate surface area is 288 Å². The Morgan fingerprint density at radius 2 is 1.04 bits per heavy atom. The molecule has 0 fully saturated rings. The van der Waals surface area contributed by atoms with Gasteiger partial charge in [0.25, 0.3) is 0 Å². The van der Waals surface area contributed by atoms with E-state index < -0.39 is 0 Å². The molecule has 238 valence electrons. The molecule has 1 aliphatic carbocycles. The van der Waals surface area contributed by atoms with Gasteiger partial charge in [-0.2, -0.15) is 0 Å². The van der Waals surface area contributed by atoms with Crippen LogP contribution in [0.15, 0.2) is 133 Å². The maximum atomic E-state index is 2.51. The molecule has 0 saturated heterocycles. The van der Waals surface area contributed by atoms with E-state index in [0.717, 1.165) is 5.69 Å². The lowest BCUT2D eigenvalue weighted by Crippen LogP contribution is -2.17. The van der Waals surface area contributed by atoms with Gasteiger partial charge in [0, 0.05) is 38.6 Å². The first-order valence-electron chi connectivity index (χ1n) is 17.4. The maximum absolute atomic E-state index is 2.51. The Bertz CT molecular complexity index is 2560. The van der Waals surface area contributed by atoms with E-state index in [4.69, 9.17) is 0 Å². The van der Waals surface area contributed by atoms with Crippen LogP contribution in [0.4, 0.5) is 17.1 Å². The molecule has 0 saturated carbocycles. The summed E-state index contributed by atoms with van der Waals surface area (Å²) in [6, 6.07) is 50.1. The van der Waals surface area contributed by atoms with Crippen LogP contribution in [0.3, 0.4) is 0 Å². The van der Waals surface area contributed by atoms with Crippen molar-refractivity contribution in [2.75, 3.05) is 4.90 Å². The minimum absolute atomic E-state index is 0.211. The Hall–Kier alpha value is -5.60. The van der Waals surface area contributed by atoms with Crippen LogP contribution in [-0.4, -0.2) is 4.57 Å². The summed E-state index contributed by atoms with van der Waals surface area (Å²) < 4.78 is 2.51. The zero-order chi connectivity index (χ0) is 33.6. The number of hydrogen-bond donors (Lipinski definition) is 0. The van der Waals surface area contributed by atoms with Gasteiger partial charge in [0.15, 0.2) is 0 Å². The molecule has 1 aromatic heterocycles. The summed E-state index contributed by atoms with van der Waals surface area (Å²) in [5, 5.41) is 5.19. The van der Waals surface area contributed by atoms with Crippen LogP contribution in [0.1, 0.15) is 47.2 Å². The molecule has 2 nitrogen and oxygen atoms in total. The molecule has 0 atom stereocenters. The van der Waals surface area contributed by atoms with Crippen molar-refractivity contribution in [1.29, 1.82) is 0 Å². The maximum Gasteiger partial charge on any atom is 0.0544 e. The standard InChI is InChI=1S/C47H40N2/c1-29-14-18-33(19-15-29)48(34-11-9-10-30(2)24-34)35-20-21-38-41(27-35)47(5,6)42-28-45(36-12-7-8-13-37(36)46(38)42)49-43-22-16-31(3)25-39(43)40-26-32(4)17-23-44(40)49/h7-28H,1-6H3. The van der Waals surface area contributed by atoms with E-state index in [1.54, 1.807) is 0 Å². The lowest BCUT2D eigenvalue weighted by Gasteiger charge is -2.28. The van der Waals surface area contributed by atoms with Crippen molar-refractivity contribution in [3.05, 3.63) is 167 Å². The highest BCUT2D eigenvalue weighted by Gasteiger charge is 2.38. The molecule has 8 aromatic rings. The zero-order valence-electron chi connectivity index (χ0n) is 29.1. The summed E-state index contributed by atoms with van der Waals surface area (Å²) in [6.07, 6.45) is 0. The van der Waals surface area contributed by atoms with E-state index >= 15 is 0 Å². The molecule has 0 unspecified atom stereocenters. The summed E-state index contributed by atoms with van der Waals surface area (Å²) >= 11 is 0.